The molecule has 0 saturated carbocycles. The van der Waals surface area contributed by atoms with Crippen LogP contribution in [0.2, 0.25) is 10.2 Å². The lowest BCUT2D eigenvalue weighted by atomic mass is 10.2. The normalized spacial score (nSPS) is 11.9. The molecule has 0 saturated heterocycles. The predicted octanol–water partition coefficient (Wildman–Crippen LogP) is 2.32. The summed E-state index contributed by atoms with van der Waals surface area (Å²) in [6.45, 7) is 0. The van der Waals surface area contributed by atoms with Crippen LogP contribution in [0.4, 0.5) is 0 Å². The Kier molecular flexibility index (Phi) is 6.41. The number of carboxylic acid groups (broad SMARTS) is 1. The summed E-state index contributed by atoms with van der Waals surface area (Å²) in [6, 6.07) is 0.343. The second-order valence-corrected chi connectivity index (χ2v) is 5.41. The smallest absolute Gasteiger partial charge is 0.326 e. The van der Waals surface area contributed by atoms with Gasteiger partial charge in [0.1, 0.15) is 11.2 Å². The monoisotopic (exact) mass is 322 g/mol. The van der Waals surface area contributed by atoms with Crippen LogP contribution < -0.4 is 5.32 Å². The number of aromatic nitrogens is 1. The van der Waals surface area contributed by atoms with Crippen molar-refractivity contribution >= 4 is 46.8 Å². The molecule has 0 unspecified atom stereocenters. The summed E-state index contributed by atoms with van der Waals surface area (Å²) >= 11 is 13.0. The SMILES string of the molecule is CSCC[C@H](NC(=O)c1cc(Cl)ncc1Cl)C(=O)O. The third-order valence-electron chi connectivity index (χ3n) is 2.28. The van der Waals surface area contributed by atoms with Gasteiger partial charge in [-0.2, -0.15) is 11.8 Å². The van der Waals surface area contributed by atoms with E-state index >= 15 is 0 Å². The van der Waals surface area contributed by atoms with Crippen LogP contribution in [-0.4, -0.2) is 40.0 Å². The van der Waals surface area contributed by atoms with Crippen molar-refractivity contribution < 1.29 is 14.7 Å². The number of carboxylic acids is 1. The number of halogens is 2. The average molecular weight is 323 g/mol. The number of pyridine rings is 1. The number of hydrogen-bond acceptors (Lipinski definition) is 4. The van der Waals surface area contributed by atoms with Gasteiger partial charge in [-0.1, -0.05) is 23.2 Å². The molecule has 1 aromatic heterocycles. The number of nitrogens with one attached hydrogen (secondary N) is 1. The van der Waals surface area contributed by atoms with E-state index in [1.807, 2.05) is 6.26 Å². The summed E-state index contributed by atoms with van der Waals surface area (Å²) in [7, 11) is 0. The molecule has 0 aromatic carbocycles. The summed E-state index contributed by atoms with van der Waals surface area (Å²) < 4.78 is 0. The highest BCUT2D eigenvalue weighted by molar-refractivity contribution is 7.98. The molecule has 1 heterocycles. The molecule has 104 valence electrons. The molecule has 1 atom stereocenters. The summed E-state index contributed by atoms with van der Waals surface area (Å²) in [6.07, 6.45) is 3.44. The zero-order valence-electron chi connectivity index (χ0n) is 10.0. The fourth-order valence-electron chi connectivity index (χ4n) is 1.32. The Balaban J connectivity index is 2.81. The zero-order chi connectivity index (χ0) is 14.4. The second kappa shape index (κ2) is 7.57. The van der Waals surface area contributed by atoms with E-state index in [1.54, 1.807) is 0 Å². The Labute approximate surface area is 124 Å². The van der Waals surface area contributed by atoms with Crippen LogP contribution in [0.3, 0.4) is 0 Å². The van der Waals surface area contributed by atoms with E-state index in [4.69, 9.17) is 28.3 Å². The third kappa shape index (κ3) is 4.89. The Morgan fingerprint density at radius 1 is 1.53 bits per heavy atom. The van der Waals surface area contributed by atoms with E-state index in [9.17, 15) is 9.59 Å². The lowest BCUT2D eigenvalue weighted by Crippen LogP contribution is -2.41. The Bertz CT molecular complexity index is 485. The molecule has 0 spiro atoms. The fourth-order valence-corrected chi connectivity index (χ4v) is 2.13. The summed E-state index contributed by atoms with van der Waals surface area (Å²) in [5.74, 6) is -1.04. The van der Waals surface area contributed by atoms with Gasteiger partial charge in [0.2, 0.25) is 0 Å². The minimum absolute atomic E-state index is 0.108. The standard InChI is InChI=1S/C11H12Cl2N2O3S/c1-19-3-2-8(11(17)18)15-10(16)6-4-9(13)14-5-7(6)12/h4-5,8H,2-3H2,1H3,(H,15,16)(H,17,18)/t8-/m0/s1. The molecule has 0 radical (unpaired) electrons. The summed E-state index contributed by atoms with van der Waals surface area (Å²) in [5, 5.41) is 11.7. The molecule has 0 aliphatic carbocycles. The van der Waals surface area contributed by atoms with Crippen molar-refractivity contribution in [3.63, 3.8) is 0 Å². The van der Waals surface area contributed by atoms with E-state index in [2.05, 4.69) is 10.3 Å². The number of carbonyl (C=O) groups excluding carboxylic acids is 1. The first-order valence-corrected chi connectivity index (χ1v) is 7.44. The van der Waals surface area contributed by atoms with E-state index in [-0.39, 0.29) is 15.7 Å². The van der Waals surface area contributed by atoms with Crippen LogP contribution in [-0.2, 0) is 4.79 Å². The van der Waals surface area contributed by atoms with Crippen molar-refractivity contribution in [1.29, 1.82) is 0 Å². The van der Waals surface area contributed by atoms with Gasteiger partial charge in [0.25, 0.3) is 5.91 Å². The number of rotatable bonds is 6. The van der Waals surface area contributed by atoms with E-state index in [0.29, 0.717) is 12.2 Å². The summed E-state index contributed by atoms with van der Waals surface area (Å²) in [5.41, 5.74) is 0.108. The first kappa shape index (κ1) is 16.1. The van der Waals surface area contributed by atoms with Crippen LogP contribution in [0.25, 0.3) is 0 Å². The van der Waals surface area contributed by atoms with Crippen LogP contribution in [0.1, 0.15) is 16.8 Å². The van der Waals surface area contributed by atoms with Gasteiger partial charge >= 0.3 is 5.97 Å². The largest absolute Gasteiger partial charge is 0.480 e. The molecule has 2 N–H and O–H groups in total. The highest BCUT2D eigenvalue weighted by Gasteiger charge is 2.21. The van der Waals surface area contributed by atoms with Gasteiger partial charge < -0.3 is 10.4 Å². The van der Waals surface area contributed by atoms with Gasteiger partial charge in [0.05, 0.1) is 10.6 Å². The molecule has 0 fully saturated rings. The van der Waals surface area contributed by atoms with Crippen molar-refractivity contribution in [2.45, 2.75) is 12.5 Å². The van der Waals surface area contributed by atoms with E-state index in [1.165, 1.54) is 24.0 Å². The summed E-state index contributed by atoms with van der Waals surface area (Å²) in [4.78, 5) is 26.7. The van der Waals surface area contributed by atoms with Gasteiger partial charge in [-0.25, -0.2) is 9.78 Å². The molecule has 0 aliphatic heterocycles. The second-order valence-electron chi connectivity index (χ2n) is 3.63. The van der Waals surface area contributed by atoms with Crippen LogP contribution in [0.15, 0.2) is 12.3 Å². The van der Waals surface area contributed by atoms with Gasteiger partial charge in [-0.15, -0.1) is 0 Å². The fraction of sp³-hybridized carbons (Fsp3) is 0.364. The number of aliphatic carboxylic acids is 1. The third-order valence-corrected chi connectivity index (χ3v) is 3.43. The van der Waals surface area contributed by atoms with Gasteiger partial charge in [-0.3, -0.25) is 4.79 Å². The maximum Gasteiger partial charge on any atom is 0.326 e. The maximum absolute atomic E-state index is 11.9. The molecule has 8 heteroatoms. The van der Waals surface area contributed by atoms with Crippen molar-refractivity contribution in [1.82, 2.24) is 10.3 Å². The number of nitrogens with zero attached hydrogens (tertiary/aromatic N) is 1. The molecule has 19 heavy (non-hydrogen) atoms. The van der Waals surface area contributed by atoms with Crippen LogP contribution in [0.5, 0.6) is 0 Å². The molecular formula is C11H12Cl2N2O3S. The molecule has 1 rings (SSSR count). The Morgan fingerprint density at radius 3 is 2.79 bits per heavy atom. The molecule has 0 bridgehead atoms. The Hall–Kier alpha value is -0.980. The lowest BCUT2D eigenvalue weighted by Gasteiger charge is -2.14. The van der Waals surface area contributed by atoms with Gasteiger partial charge in [0.15, 0.2) is 0 Å². The van der Waals surface area contributed by atoms with Crippen molar-refractivity contribution in [2.75, 3.05) is 12.0 Å². The minimum Gasteiger partial charge on any atom is -0.480 e. The predicted molar refractivity (Wildman–Crippen MR) is 76.1 cm³/mol. The first-order valence-electron chi connectivity index (χ1n) is 5.29. The van der Waals surface area contributed by atoms with Gasteiger partial charge in [0, 0.05) is 6.20 Å². The topological polar surface area (TPSA) is 79.3 Å². The maximum atomic E-state index is 11.9. The minimum atomic E-state index is -1.08. The van der Waals surface area contributed by atoms with Crippen LogP contribution >= 0.6 is 35.0 Å². The molecule has 0 aliphatic rings. The molecule has 1 amide bonds. The number of thioether (sulfide) groups is 1. The van der Waals surface area contributed by atoms with Crippen molar-refractivity contribution in [3.05, 3.63) is 28.0 Å². The molecule has 1 aromatic rings. The van der Waals surface area contributed by atoms with Gasteiger partial charge in [-0.05, 0) is 24.5 Å². The number of carbonyl (C=O) groups is 2. The highest BCUT2D eigenvalue weighted by Crippen LogP contribution is 2.18. The number of hydrogen-bond donors (Lipinski definition) is 2. The van der Waals surface area contributed by atoms with Crippen molar-refractivity contribution in [2.24, 2.45) is 0 Å². The average Bonchev–Trinajstić information content (AvgIpc) is 2.36. The van der Waals surface area contributed by atoms with Crippen LogP contribution in [0, 0.1) is 0 Å². The Morgan fingerprint density at radius 2 is 2.21 bits per heavy atom. The van der Waals surface area contributed by atoms with Crippen molar-refractivity contribution in [3.8, 4) is 0 Å². The zero-order valence-corrected chi connectivity index (χ0v) is 12.3. The highest BCUT2D eigenvalue weighted by atomic mass is 35.5. The van der Waals surface area contributed by atoms with E-state index in [0.717, 1.165) is 0 Å². The van der Waals surface area contributed by atoms with E-state index < -0.39 is 17.9 Å². The quantitative estimate of drug-likeness (QED) is 0.786. The first-order chi connectivity index (χ1) is 8.95. The molecular weight excluding hydrogens is 311 g/mol. The molecule has 5 nitrogen and oxygen atoms in total. The lowest BCUT2D eigenvalue weighted by molar-refractivity contribution is -0.139. The number of amides is 1.